The molecule has 0 aliphatic heterocycles. The summed E-state index contributed by atoms with van der Waals surface area (Å²) in [5, 5.41) is 3.39. The van der Waals surface area contributed by atoms with Gasteiger partial charge in [0, 0.05) is 36.4 Å². The second kappa shape index (κ2) is 5.82. The average Bonchev–Trinajstić information content (AvgIpc) is 2.79. The highest BCUT2D eigenvalue weighted by Gasteiger charge is 1.98. The Kier molecular flexibility index (Phi) is 4.13. The van der Waals surface area contributed by atoms with Gasteiger partial charge in [-0.05, 0) is 11.6 Å². The van der Waals surface area contributed by atoms with E-state index in [0.29, 0.717) is 0 Å². The van der Waals surface area contributed by atoms with Crippen LogP contribution in [-0.2, 0) is 13.0 Å². The van der Waals surface area contributed by atoms with Gasteiger partial charge in [-0.25, -0.2) is 4.98 Å². The molecule has 0 atom stereocenters. The number of H-pyrrole nitrogens is 1. The number of aromatic amines is 1. The molecule has 0 aliphatic carbocycles. The van der Waals surface area contributed by atoms with E-state index in [-0.39, 0.29) is 0 Å². The van der Waals surface area contributed by atoms with Crippen LogP contribution < -0.4 is 5.32 Å². The number of aromatic nitrogens is 2. The smallest absolute Gasteiger partial charge is 0.107 e. The van der Waals surface area contributed by atoms with Crippen molar-refractivity contribution in [3.05, 3.63) is 52.5 Å². The molecule has 3 nitrogen and oxygen atoms in total. The maximum atomic E-state index is 4.17. The molecule has 0 bridgehead atoms. The number of imidazole rings is 1. The van der Waals surface area contributed by atoms with Crippen LogP contribution in [0.15, 0.2) is 41.1 Å². The predicted octanol–water partition coefficient (Wildman–Crippen LogP) is 2.50. The van der Waals surface area contributed by atoms with E-state index >= 15 is 0 Å². The Labute approximate surface area is 103 Å². The molecule has 0 amide bonds. The largest absolute Gasteiger partial charge is 0.349 e. The molecule has 84 valence electrons. The fraction of sp³-hybridized carbons (Fsp3) is 0.250. The van der Waals surface area contributed by atoms with E-state index in [1.54, 1.807) is 6.20 Å². The molecule has 1 aromatic heterocycles. The first-order valence-corrected chi connectivity index (χ1v) is 6.08. The zero-order chi connectivity index (χ0) is 11.2. The highest BCUT2D eigenvalue weighted by atomic mass is 79.9. The molecule has 0 saturated carbocycles. The minimum absolute atomic E-state index is 0.877. The summed E-state index contributed by atoms with van der Waals surface area (Å²) in [5.74, 6) is 1.03. The number of nitrogens with one attached hydrogen (secondary N) is 2. The number of halogens is 1. The van der Waals surface area contributed by atoms with E-state index in [1.807, 2.05) is 18.3 Å². The van der Waals surface area contributed by atoms with Crippen molar-refractivity contribution in [3.63, 3.8) is 0 Å². The van der Waals surface area contributed by atoms with Crippen molar-refractivity contribution in [2.45, 2.75) is 13.0 Å². The van der Waals surface area contributed by atoms with Gasteiger partial charge < -0.3 is 10.3 Å². The molecule has 1 heterocycles. The Bertz CT molecular complexity index is 426. The Morgan fingerprint density at radius 2 is 2.19 bits per heavy atom. The molecule has 0 fully saturated rings. The number of hydrogen-bond donors (Lipinski definition) is 2. The van der Waals surface area contributed by atoms with Gasteiger partial charge in [0.15, 0.2) is 0 Å². The van der Waals surface area contributed by atoms with Crippen LogP contribution in [0.25, 0.3) is 0 Å². The molecule has 4 heteroatoms. The lowest BCUT2D eigenvalue weighted by atomic mass is 10.2. The fourth-order valence-electron chi connectivity index (χ4n) is 1.51. The highest BCUT2D eigenvalue weighted by Crippen LogP contribution is 2.15. The van der Waals surface area contributed by atoms with Gasteiger partial charge >= 0.3 is 0 Å². The molecule has 0 saturated heterocycles. The lowest BCUT2D eigenvalue weighted by Gasteiger charge is -2.05. The molecule has 2 aromatic rings. The summed E-state index contributed by atoms with van der Waals surface area (Å²) < 4.78 is 1.15. The van der Waals surface area contributed by atoms with Crippen LogP contribution in [0.5, 0.6) is 0 Å². The number of hydrogen-bond acceptors (Lipinski definition) is 2. The van der Waals surface area contributed by atoms with E-state index in [0.717, 1.165) is 29.8 Å². The van der Waals surface area contributed by atoms with Gasteiger partial charge in [0.2, 0.25) is 0 Å². The molecule has 0 spiro atoms. The minimum Gasteiger partial charge on any atom is -0.349 e. The van der Waals surface area contributed by atoms with Crippen molar-refractivity contribution >= 4 is 15.9 Å². The highest BCUT2D eigenvalue weighted by molar-refractivity contribution is 9.10. The van der Waals surface area contributed by atoms with Crippen LogP contribution in [0.3, 0.4) is 0 Å². The van der Waals surface area contributed by atoms with Crippen LogP contribution in [0.1, 0.15) is 11.4 Å². The maximum Gasteiger partial charge on any atom is 0.107 e. The average molecular weight is 280 g/mol. The first-order chi connectivity index (χ1) is 7.86. The van der Waals surface area contributed by atoms with Gasteiger partial charge in [-0.2, -0.15) is 0 Å². The van der Waals surface area contributed by atoms with E-state index in [4.69, 9.17) is 0 Å². The molecular formula is C12H14BrN3. The van der Waals surface area contributed by atoms with Crippen molar-refractivity contribution in [1.29, 1.82) is 0 Å². The predicted molar refractivity (Wildman–Crippen MR) is 68.1 cm³/mol. The Morgan fingerprint density at radius 1 is 1.31 bits per heavy atom. The SMILES string of the molecule is Brc1ccccc1CNCCc1ncc[nH]1. The number of nitrogens with zero attached hydrogens (tertiary/aromatic N) is 1. The van der Waals surface area contributed by atoms with Crippen LogP contribution in [-0.4, -0.2) is 16.5 Å². The van der Waals surface area contributed by atoms with Crippen molar-refractivity contribution < 1.29 is 0 Å². The Morgan fingerprint density at radius 3 is 2.94 bits per heavy atom. The Hall–Kier alpha value is -1.13. The third-order valence-corrected chi connectivity index (χ3v) is 3.14. The lowest BCUT2D eigenvalue weighted by molar-refractivity contribution is 0.672. The summed E-state index contributed by atoms with van der Waals surface area (Å²) in [6, 6.07) is 8.25. The van der Waals surface area contributed by atoms with E-state index in [2.05, 4.69) is 43.3 Å². The maximum absolute atomic E-state index is 4.17. The van der Waals surface area contributed by atoms with Crippen LogP contribution in [0.2, 0.25) is 0 Å². The van der Waals surface area contributed by atoms with Gasteiger partial charge in [0.25, 0.3) is 0 Å². The third kappa shape index (κ3) is 3.18. The van der Waals surface area contributed by atoms with Gasteiger partial charge in [0.1, 0.15) is 5.82 Å². The fourth-order valence-corrected chi connectivity index (χ4v) is 1.93. The molecule has 2 rings (SSSR count). The van der Waals surface area contributed by atoms with Crippen molar-refractivity contribution in [3.8, 4) is 0 Å². The van der Waals surface area contributed by atoms with Crippen molar-refractivity contribution in [2.24, 2.45) is 0 Å². The summed E-state index contributed by atoms with van der Waals surface area (Å²) in [4.78, 5) is 7.26. The minimum atomic E-state index is 0.877. The van der Waals surface area contributed by atoms with Gasteiger partial charge in [-0.15, -0.1) is 0 Å². The molecule has 2 N–H and O–H groups in total. The van der Waals surface area contributed by atoms with E-state index in [1.165, 1.54) is 5.56 Å². The number of benzene rings is 1. The van der Waals surface area contributed by atoms with E-state index < -0.39 is 0 Å². The second-order valence-electron chi connectivity index (χ2n) is 3.55. The van der Waals surface area contributed by atoms with Gasteiger partial charge in [-0.1, -0.05) is 34.1 Å². The van der Waals surface area contributed by atoms with Crippen LogP contribution in [0.4, 0.5) is 0 Å². The monoisotopic (exact) mass is 279 g/mol. The van der Waals surface area contributed by atoms with E-state index in [9.17, 15) is 0 Å². The summed E-state index contributed by atoms with van der Waals surface area (Å²) >= 11 is 3.53. The van der Waals surface area contributed by atoms with Crippen molar-refractivity contribution in [2.75, 3.05) is 6.54 Å². The molecular weight excluding hydrogens is 266 g/mol. The normalized spacial score (nSPS) is 10.6. The lowest BCUT2D eigenvalue weighted by Crippen LogP contribution is -2.17. The summed E-state index contributed by atoms with van der Waals surface area (Å²) in [6.45, 7) is 1.80. The molecule has 16 heavy (non-hydrogen) atoms. The molecule has 0 unspecified atom stereocenters. The second-order valence-corrected chi connectivity index (χ2v) is 4.41. The summed E-state index contributed by atoms with van der Waals surface area (Å²) in [6.07, 6.45) is 4.56. The zero-order valence-electron chi connectivity index (χ0n) is 8.91. The quantitative estimate of drug-likeness (QED) is 0.826. The summed E-state index contributed by atoms with van der Waals surface area (Å²) in [7, 11) is 0. The van der Waals surface area contributed by atoms with Crippen molar-refractivity contribution in [1.82, 2.24) is 15.3 Å². The van der Waals surface area contributed by atoms with Gasteiger partial charge in [-0.3, -0.25) is 0 Å². The first kappa shape index (κ1) is 11.4. The topological polar surface area (TPSA) is 40.7 Å². The molecule has 0 radical (unpaired) electrons. The Balaban J connectivity index is 1.74. The molecule has 0 aliphatic rings. The molecule has 1 aromatic carbocycles. The third-order valence-electron chi connectivity index (χ3n) is 2.37. The standard InChI is InChI=1S/C12H14BrN3/c13-11-4-2-1-3-10(11)9-14-6-5-12-15-7-8-16-12/h1-4,7-8,14H,5-6,9H2,(H,15,16). The van der Waals surface area contributed by atoms with Gasteiger partial charge in [0.05, 0.1) is 0 Å². The first-order valence-electron chi connectivity index (χ1n) is 5.28. The van der Waals surface area contributed by atoms with Crippen LogP contribution in [0, 0.1) is 0 Å². The zero-order valence-corrected chi connectivity index (χ0v) is 10.5. The number of rotatable bonds is 5. The summed E-state index contributed by atoms with van der Waals surface area (Å²) in [5.41, 5.74) is 1.28. The van der Waals surface area contributed by atoms with Crippen LogP contribution >= 0.6 is 15.9 Å².